The van der Waals surface area contributed by atoms with Crippen molar-refractivity contribution in [3.63, 3.8) is 0 Å². The highest BCUT2D eigenvalue weighted by Gasteiger charge is 2.27. The van der Waals surface area contributed by atoms with Crippen molar-refractivity contribution in [3.8, 4) is 0 Å². The lowest BCUT2D eigenvalue weighted by atomic mass is 10.2. The summed E-state index contributed by atoms with van der Waals surface area (Å²) in [7, 11) is -3.44. The molecule has 114 valence electrons. The zero-order chi connectivity index (χ0) is 14.6. The molecule has 1 N–H and O–H groups in total. The van der Waals surface area contributed by atoms with Gasteiger partial charge in [-0.15, -0.1) is 0 Å². The lowest BCUT2D eigenvalue weighted by molar-refractivity contribution is 0.338. The highest BCUT2D eigenvalue weighted by molar-refractivity contribution is 7.87. The standard InChI is InChI=1S/C12H23N5O2S/c1-3-7-17-12(13-10-14-17)11(2)15-20(18,19)16-8-5-4-6-9-16/h10-11,15H,3-9H2,1-2H3/t11-/m0/s1. The van der Waals surface area contributed by atoms with Crippen LogP contribution >= 0.6 is 0 Å². The van der Waals surface area contributed by atoms with Crippen molar-refractivity contribution in [2.24, 2.45) is 0 Å². The Bertz CT molecular complexity index is 522. The third kappa shape index (κ3) is 3.56. The first kappa shape index (κ1) is 15.4. The monoisotopic (exact) mass is 301 g/mol. The van der Waals surface area contributed by atoms with Gasteiger partial charge in [-0.25, -0.2) is 9.67 Å². The summed E-state index contributed by atoms with van der Waals surface area (Å²) in [5.74, 6) is 0.660. The van der Waals surface area contributed by atoms with Gasteiger partial charge in [0.1, 0.15) is 12.2 Å². The maximum atomic E-state index is 12.3. The molecule has 1 aromatic rings. The molecule has 1 aromatic heterocycles. The number of aromatic nitrogens is 3. The van der Waals surface area contributed by atoms with E-state index in [0.29, 0.717) is 18.9 Å². The zero-order valence-electron chi connectivity index (χ0n) is 12.1. The molecule has 1 saturated heterocycles. The fraction of sp³-hybridized carbons (Fsp3) is 0.833. The van der Waals surface area contributed by atoms with Gasteiger partial charge in [0.05, 0.1) is 6.04 Å². The van der Waals surface area contributed by atoms with E-state index in [9.17, 15) is 8.42 Å². The molecule has 2 heterocycles. The normalized spacial score (nSPS) is 19.1. The van der Waals surface area contributed by atoms with Crippen LogP contribution in [0.3, 0.4) is 0 Å². The highest BCUT2D eigenvalue weighted by atomic mass is 32.2. The molecule has 0 bridgehead atoms. The lowest BCUT2D eigenvalue weighted by Gasteiger charge is -2.27. The van der Waals surface area contributed by atoms with Crippen LogP contribution in [-0.4, -0.2) is 40.6 Å². The van der Waals surface area contributed by atoms with Crippen LogP contribution in [0.1, 0.15) is 51.4 Å². The number of nitrogens with zero attached hydrogens (tertiary/aromatic N) is 4. The van der Waals surface area contributed by atoms with Crippen LogP contribution in [0.5, 0.6) is 0 Å². The van der Waals surface area contributed by atoms with Crippen molar-refractivity contribution < 1.29 is 8.42 Å². The second-order valence-electron chi connectivity index (χ2n) is 5.15. The van der Waals surface area contributed by atoms with Gasteiger partial charge in [-0.05, 0) is 26.2 Å². The predicted molar refractivity (Wildman–Crippen MR) is 76.2 cm³/mol. The SMILES string of the molecule is CCCn1ncnc1[C@H](C)NS(=O)(=O)N1CCCCC1. The molecule has 7 nitrogen and oxygen atoms in total. The molecule has 0 radical (unpaired) electrons. The molecule has 1 aliphatic rings. The quantitative estimate of drug-likeness (QED) is 0.852. The van der Waals surface area contributed by atoms with Crippen LogP contribution in [0.2, 0.25) is 0 Å². The second-order valence-corrected chi connectivity index (χ2v) is 6.85. The maximum absolute atomic E-state index is 12.3. The molecule has 0 amide bonds. The smallest absolute Gasteiger partial charge is 0.249 e. The van der Waals surface area contributed by atoms with Gasteiger partial charge in [0.2, 0.25) is 0 Å². The number of nitrogens with one attached hydrogen (secondary N) is 1. The van der Waals surface area contributed by atoms with E-state index in [1.807, 2.05) is 6.92 Å². The first-order valence-corrected chi connectivity index (χ1v) is 8.63. The Hall–Kier alpha value is -0.990. The van der Waals surface area contributed by atoms with Gasteiger partial charge in [0, 0.05) is 19.6 Å². The van der Waals surface area contributed by atoms with Crippen molar-refractivity contribution in [2.45, 2.75) is 52.1 Å². The van der Waals surface area contributed by atoms with Gasteiger partial charge in [-0.3, -0.25) is 0 Å². The van der Waals surface area contributed by atoms with Gasteiger partial charge >= 0.3 is 0 Å². The van der Waals surface area contributed by atoms with Crippen LogP contribution < -0.4 is 4.72 Å². The summed E-state index contributed by atoms with van der Waals surface area (Å²) in [5.41, 5.74) is 0. The molecule has 0 aliphatic carbocycles. The van der Waals surface area contributed by atoms with E-state index in [1.54, 1.807) is 11.6 Å². The van der Waals surface area contributed by atoms with E-state index < -0.39 is 10.2 Å². The van der Waals surface area contributed by atoms with Gasteiger partial charge < -0.3 is 0 Å². The Labute approximate surface area is 120 Å². The van der Waals surface area contributed by atoms with Gasteiger partial charge in [0.15, 0.2) is 0 Å². The Morgan fingerprint density at radius 2 is 2.05 bits per heavy atom. The summed E-state index contributed by atoms with van der Waals surface area (Å²) < 4.78 is 30.6. The van der Waals surface area contributed by atoms with Crippen molar-refractivity contribution in [1.29, 1.82) is 0 Å². The van der Waals surface area contributed by atoms with Crippen LogP contribution in [0.25, 0.3) is 0 Å². The molecule has 20 heavy (non-hydrogen) atoms. The number of piperidine rings is 1. The summed E-state index contributed by atoms with van der Waals surface area (Å²) in [4.78, 5) is 4.17. The third-order valence-electron chi connectivity index (χ3n) is 3.45. The summed E-state index contributed by atoms with van der Waals surface area (Å²) in [6.07, 6.45) is 5.37. The molecule has 0 saturated carbocycles. The lowest BCUT2D eigenvalue weighted by Crippen LogP contribution is -2.44. The van der Waals surface area contributed by atoms with Crippen LogP contribution in [0, 0.1) is 0 Å². The highest BCUT2D eigenvalue weighted by Crippen LogP contribution is 2.16. The molecular formula is C12H23N5O2S. The number of aryl methyl sites for hydroxylation is 1. The molecule has 2 rings (SSSR count). The van der Waals surface area contributed by atoms with Crippen LogP contribution in [0.4, 0.5) is 0 Å². The summed E-state index contributed by atoms with van der Waals surface area (Å²) in [6, 6.07) is -0.379. The predicted octanol–water partition coefficient (Wildman–Crippen LogP) is 1.07. The van der Waals surface area contributed by atoms with E-state index >= 15 is 0 Å². The largest absolute Gasteiger partial charge is 0.280 e. The van der Waals surface area contributed by atoms with Crippen molar-refractivity contribution in [1.82, 2.24) is 23.8 Å². The molecule has 8 heteroatoms. The van der Waals surface area contributed by atoms with E-state index in [0.717, 1.165) is 32.2 Å². The van der Waals surface area contributed by atoms with E-state index in [1.165, 1.54) is 10.6 Å². The topological polar surface area (TPSA) is 80.1 Å². The average molecular weight is 301 g/mol. The molecule has 1 aliphatic heterocycles. The maximum Gasteiger partial charge on any atom is 0.280 e. The fourth-order valence-electron chi connectivity index (χ4n) is 2.45. The Morgan fingerprint density at radius 3 is 2.70 bits per heavy atom. The van der Waals surface area contributed by atoms with Crippen LogP contribution in [-0.2, 0) is 16.8 Å². The zero-order valence-corrected chi connectivity index (χ0v) is 12.9. The van der Waals surface area contributed by atoms with Crippen molar-refractivity contribution in [2.75, 3.05) is 13.1 Å². The summed E-state index contributed by atoms with van der Waals surface area (Å²) in [6.45, 7) is 5.80. The first-order valence-electron chi connectivity index (χ1n) is 7.19. The van der Waals surface area contributed by atoms with Crippen molar-refractivity contribution in [3.05, 3.63) is 12.2 Å². The van der Waals surface area contributed by atoms with E-state index in [2.05, 4.69) is 14.8 Å². The van der Waals surface area contributed by atoms with E-state index in [4.69, 9.17) is 0 Å². The molecule has 1 fully saturated rings. The van der Waals surface area contributed by atoms with Crippen molar-refractivity contribution >= 4 is 10.2 Å². The summed E-state index contributed by atoms with van der Waals surface area (Å²) >= 11 is 0. The minimum atomic E-state index is -3.44. The number of hydrogen-bond acceptors (Lipinski definition) is 4. The number of rotatable bonds is 6. The van der Waals surface area contributed by atoms with Gasteiger partial charge in [-0.1, -0.05) is 13.3 Å². The minimum absolute atomic E-state index is 0.379. The molecule has 0 spiro atoms. The molecule has 0 unspecified atom stereocenters. The van der Waals surface area contributed by atoms with Crippen LogP contribution in [0.15, 0.2) is 6.33 Å². The average Bonchev–Trinajstić information content (AvgIpc) is 2.88. The van der Waals surface area contributed by atoms with Gasteiger partial charge in [0.25, 0.3) is 10.2 Å². The van der Waals surface area contributed by atoms with Gasteiger partial charge in [-0.2, -0.15) is 22.5 Å². The second kappa shape index (κ2) is 6.64. The summed E-state index contributed by atoms with van der Waals surface area (Å²) in [5, 5.41) is 4.13. The Kier molecular flexibility index (Phi) is 5.11. The Balaban J connectivity index is 2.05. The number of hydrogen-bond donors (Lipinski definition) is 1. The Morgan fingerprint density at radius 1 is 1.35 bits per heavy atom. The fourth-order valence-corrected chi connectivity index (χ4v) is 3.89. The molecule has 0 aromatic carbocycles. The molecule has 1 atom stereocenters. The third-order valence-corrected chi connectivity index (χ3v) is 5.15. The van der Waals surface area contributed by atoms with E-state index in [-0.39, 0.29) is 6.04 Å². The first-order chi connectivity index (χ1) is 9.54. The minimum Gasteiger partial charge on any atom is -0.249 e. The molecular weight excluding hydrogens is 278 g/mol.